The van der Waals surface area contributed by atoms with Crippen LogP contribution in [0.15, 0.2) is 71.6 Å². The van der Waals surface area contributed by atoms with Crippen LogP contribution in [0, 0.1) is 0 Å². The van der Waals surface area contributed by atoms with Gasteiger partial charge in [0.15, 0.2) is 6.73 Å². The van der Waals surface area contributed by atoms with E-state index in [1.807, 2.05) is 6.07 Å². The van der Waals surface area contributed by atoms with Gasteiger partial charge in [-0.05, 0) is 48.5 Å². The number of ether oxygens (including phenoxy) is 2. The Hall–Kier alpha value is -3.23. The summed E-state index contributed by atoms with van der Waals surface area (Å²) in [4.78, 5) is 12.5. The molecule has 0 atom stereocenters. The van der Waals surface area contributed by atoms with Crippen LogP contribution in [0.4, 0.5) is 11.4 Å². The Labute approximate surface area is 178 Å². The summed E-state index contributed by atoms with van der Waals surface area (Å²) in [6.45, 7) is -0.225. The van der Waals surface area contributed by atoms with Crippen molar-refractivity contribution in [3.8, 4) is 11.5 Å². The minimum absolute atomic E-state index is 0.0897. The van der Waals surface area contributed by atoms with Gasteiger partial charge in [-0.1, -0.05) is 29.8 Å². The summed E-state index contributed by atoms with van der Waals surface area (Å²) >= 11 is 6.01. The number of hydrogen-bond acceptors (Lipinski definition) is 5. The SMILES string of the molecule is COc1ccc(Cl)cc1S(=O)(=O)N1COc2ccc(C(=O)Nc3ccccc3)cc21. The summed E-state index contributed by atoms with van der Waals surface area (Å²) in [5.74, 6) is 0.148. The largest absolute Gasteiger partial charge is 0.495 e. The van der Waals surface area contributed by atoms with E-state index in [9.17, 15) is 13.2 Å². The van der Waals surface area contributed by atoms with Crippen LogP contribution in [0.2, 0.25) is 5.02 Å². The number of fused-ring (bicyclic) bond motifs is 1. The number of sulfonamides is 1. The number of amides is 1. The number of rotatable bonds is 5. The lowest BCUT2D eigenvalue weighted by atomic mass is 10.1. The first-order valence-corrected chi connectivity index (χ1v) is 10.7. The molecule has 0 spiro atoms. The molecule has 1 aliphatic heterocycles. The smallest absolute Gasteiger partial charge is 0.270 e. The first-order chi connectivity index (χ1) is 14.4. The second-order valence-corrected chi connectivity index (χ2v) is 8.69. The van der Waals surface area contributed by atoms with Gasteiger partial charge in [0, 0.05) is 16.3 Å². The van der Waals surface area contributed by atoms with Crippen molar-refractivity contribution in [2.75, 3.05) is 23.5 Å². The van der Waals surface area contributed by atoms with Gasteiger partial charge in [0.1, 0.15) is 16.4 Å². The van der Waals surface area contributed by atoms with Crippen LogP contribution in [0.25, 0.3) is 0 Å². The molecule has 3 aromatic carbocycles. The van der Waals surface area contributed by atoms with Crippen LogP contribution in [0.5, 0.6) is 11.5 Å². The van der Waals surface area contributed by atoms with Crippen LogP contribution >= 0.6 is 11.6 Å². The minimum atomic E-state index is -4.05. The fourth-order valence-electron chi connectivity index (χ4n) is 3.07. The Balaban J connectivity index is 1.69. The molecule has 1 amide bonds. The van der Waals surface area contributed by atoms with Gasteiger partial charge in [0.2, 0.25) is 0 Å². The molecule has 1 N–H and O–H groups in total. The average molecular weight is 445 g/mol. The third-order valence-corrected chi connectivity index (χ3v) is 6.54. The molecule has 0 saturated carbocycles. The van der Waals surface area contributed by atoms with Gasteiger partial charge >= 0.3 is 0 Å². The maximum Gasteiger partial charge on any atom is 0.270 e. The number of carbonyl (C=O) groups is 1. The van der Waals surface area contributed by atoms with Crippen molar-refractivity contribution in [3.63, 3.8) is 0 Å². The number of benzene rings is 3. The summed E-state index contributed by atoms with van der Waals surface area (Å²) < 4.78 is 38.4. The monoisotopic (exact) mass is 444 g/mol. The molecule has 0 unspecified atom stereocenters. The highest BCUT2D eigenvalue weighted by molar-refractivity contribution is 7.93. The van der Waals surface area contributed by atoms with Gasteiger partial charge in [0.25, 0.3) is 15.9 Å². The molecule has 0 aliphatic carbocycles. The van der Waals surface area contributed by atoms with Crippen molar-refractivity contribution < 1.29 is 22.7 Å². The number of methoxy groups -OCH3 is 1. The van der Waals surface area contributed by atoms with Crippen molar-refractivity contribution in [2.24, 2.45) is 0 Å². The lowest BCUT2D eigenvalue weighted by Crippen LogP contribution is -2.30. The maximum absolute atomic E-state index is 13.3. The molecular formula is C21H17ClN2O5S. The van der Waals surface area contributed by atoms with Crippen LogP contribution in [-0.2, 0) is 10.0 Å². The molecule has 1 aliphatic rings. The van der Waals surface area contributed by atoms with Crippen molar-refractivity contribution >= 4 is 38.9 Å². The van der Waals surface area contributed by atoms with E-state index in [1.54, 1.807) is 42.5 Å². The van der Waals surface area contributed by atoms with Gasteiger partial charge < -0.3 is 14.8 Å². The third-order valence-electron chi connectivity index (χ3n) is 4.55. The van der Waals surface area contributed by atoms with E-state index in [1.165, 1.54) is 25.3 Å². The van der Waals surface area contributed by atoms with Gasteiger partial charge in [-0.2, -0.15) is 0 Å². The summed E-state index contributed by atoms with van der Waals surface area (Å²) in [6.07, 6.45) is 0. The zero-order valence-electron chi connectivity index (χ0n) is 15.8. The lowest BCUT2D eigenvalue weighted by molar-refractivity contribution is 0.102. The number of para-hydroxylation sites is 1. The highest BCUT2D eigenvalue weighted by Gasteiger charge is 2.35. The average Bonchev–Trinajstić information content (AvgIpc) is 3.18. The number of nitrogens with one attached hydrogen (secondary N) is 1. The molecule has 0 saturated heterocycles. The minimum Gasteiger partial charge on any atom is -0.495 e. The highest BCUT2D eigenvalue weighted by atomic mass is 35.5. The van der Waals surface area contributed by atoms with Crippen LogP contribution in [0.1, 0.15) is 10.4 Å². The molecule has 30 heavy (non-hydrogen) atoms. The van der Waals surface area contributed by atoms with E-state index in [2.05, 4.69) is 5.32 Å². The van der Waals surface area contributed by atoms with Gasteiger partial charge in [0.05, 0.1) is 12.8 Å². The standard InChI is InChI=1S/C21H17ClN2O5S/c1-28-19-10-8-15(22)12-20(19)30(26,27)24-13-29-18-9-7-14(11-17(18)24)21(25)23-16-5-3-2-4-6-16/h2-12H,13H2,1H3,(H,23,25). The number of nitrogens with zero attached hydrogens (tertiary/aromatic N) is 1. The third kappa shape index (κ3) is 3.67. The molecule has 0 bridgehead atoms. The van der Waals surface area contributed by atoms with Crippen LogP contribution < -0.4 is 19.1 Å². The van der Waals surface area contributed by atoms with E-state index in [4.69, 9.17) is 21.1 Å². The first kappa shape index (κ1) is 20.1. The van der Waals surface area contributed by atoms with E-state index >= 15 is 0 Å². The predicted molar refractivity (Wildman–Crippen MR) is 114 cm³/mol. The van der Waals surface area contributed by atoms with E-state index in [-0.39, 0.29) is 34.0 Å². The summed E-state index contributed by atoms with van der Waals surface area (Å²) in [6, 6.07) is 17.9. The zero-order chi connectivity index (χ0) is 21.3. The van der Waals surface area contributed by atoms with Crippen molar-refractivity contribution in [3.05, 3.63) is 77.3 Å². The Kier molecular flexibility index (Phi) is 5.27. The van der Waals surface area contributed by atoms with E-state index < -0.39 is 10.0 Å². The molecule has 4 rings (SSSR count). The fraction of sp³-hybridized carbons (Fsp3) is 0.0952. The Morgan fingerprint density at radius 1 is 1.10 bits per heavy atom. The molecular weight excluding hydrogens is 428 g/mol. The summed E-state index contributed by atoms with van der Waals surface area (Å²) in [5.41, 5.74) is 1.19. The molecule has 1 heterocycles. The topological polar surface area (TPSA) is 84.9 Å². The Morgan fingerprint density at radius 2 is 1.87 bits per heavy atom. The quantitative estimate of drug-likeness (QED) is 0.639. The second kappa shape index (κ2) is 7.89. The Morgan fingerprint density at radius 3 is 2.60 bits per heavy atom. The van der Waals surface area contributed by atoms with Crippen LogP contribution in [-0.4, -0.2) is 28.2 Å². The lowest BCUT2D eigenvalue weighted by Gasteiger charge is -2.19. The van der Waals surface area contributed by atoms with Gasteiger partial charge in [-0.25, -0.2) is 12.7 Å². The van der Waals surface area contributed by atoms with E-state index in [0.29, 0.717) is 17.0 Å². The number of carbonyl (C=O) groups excluding carboxylic acids is 1. The molecule has 0 fully saturated rings. The van der Waals surface area contributed by atoms with Crippen LogP contribution in [0.3, 0.4) is 0 Å². The molecule has 3 aromatic rings. The zero-order valence-corrected chi connectivity index (χ0v) is 17.4. The van der Waals surface area contributed by atoms with Gasteiger partial charge in [-0.3, -0.25) is 4.79 Å². The molecule has 0 aromatic heterocycles. The highest BCUT2D eigenvalue weighted by Crippen LogP contribution is 2.40. The fourth-order valence-corrected chi connectivity index (χ4v) is 4.82. The maximum atomic E-state index is 13.3. The van der Waals surface area contributed by atoms with Crippen molar-refractivity contribution in [2.45, 2.75) is 4.90 Å². The molecule has 0 radical (unpaired) electrons. The molecule has 9 heteroatoms. The summed E-state index contributed by atoms with van der Waals surface area (Å²) in [7, 11) is -2.67. The van der Waals surface area contributed by atoms with Gasteiger partial charge in [-0.15, -0.1) is 0 Å². The normalized spacial score (nSPS) is 12.8. The van der Waals surface area contributed by atoms with Crippen molar-refractivity contribution in [1.82, 2.24) is 0 Å². The van der Waals surface area contributed by atoms with E-state index in [0.717, 1.165) is 4.31 Å². The number of hydrogen-bond donors (Lipinski definition) is 1. The summed E-state index contributed by atoms with van der Waals surface area (Å²) in [5, 5.41) is 3.03. The first-order valence-electron chi connectivity index (χ1n) is 8.89. The van der Waals surface area contributed by atoms with Crippen molar-refractivity contribution in [1.29, 1.82) is 0 Å². The molecule has 154 valence electrons. The number of halogens is 1. The molecule has 7 nitrogen and oxygen atoms in total. The second-order valence-electron chi connectivity index (χ2n) is 6.42. The Bertz CT molecular complexity index is 1220. The predicted octanol–water partition coefficient (Wildman–Crippen LogP) is 4.15. The number of anilines is 2.